The van der Waals surface area contributed by atoms with Crippen molar-refractivity contribution in [2.45, 2.75) is 206 Å². The van der Waals surface area contributed by atoms with E-state index in [0.717, 1.165) is 44.9 Å². The molecule has 0 rings (SSSR count). The van der Waals surface area contributed by atoms with Crippen LogP contribution in [0.15, 0.2) is 60.8 Å². The molecule has 0 saturated heterocycles. The molecule has 0 saturated carbocycles. The van der Waals surface area contributed by atoms with E-state index in [1.54, 1.807) is 6.08 Å². The number of hydrogen-bond acceptors (Lipinski definition) is 4. The van der Waals surface area contributed by atoms with Gasteiger partial charge in [0, 0.05) is 6.42 Å². The Morgan fingerprint density at radius 2 is 0.863 bits per heavy atom. The van der Waals surface area contributed by atoms with Crippen LogP contribution in [-0.2, 0) is 14.9 Å². The molecule has 3 N–H and O–H groups in total. The zero-order valence-electron chi connectivity index (χ0n) is 33.0. The van der Waals surface area contributed by atoms with E-state index >= 15 is 0 Å². The van der Waals surface area contributed by atoms with Crippen LogP contribution in [0.4, 0.5) is 0 Å². The van der Waals surface area contributed by atoms with Gasteiger partial charge in [-0.25, -0.2) is 0 Å². The molecule has 0 aromatic carbocycles. The van der Waals surface area contributed by atoms with Gasteiger partial charge in [-0.3, -0.25) is 9.35 Å². The second kappa shape index (κ2) is 37.8. The first-order valence-electron chi connectivity index (χ1n) is 21.0. The molecule has 0 aliphatic carbocycles. The fraction of sp³-hybridized carbons (Fsp3) is 0.750. The second-order valence-electron chi connectivity index (χ2n) is 14.3. The lowest BCUT2D eigenvalue weighted by Gasteiger charge is -2.23. The Balaban J connectivity index is 3.94. The summed E-state index contributed by atoms with van der Waals surface area (Å²) < 4.78 is 32.5. The molecule has 1 amide bonds. The van der Waals surface area contributed by atoms with Crippen molar-refractivity contribution in [1.29, 1.82) is 0 Å². The number of rotatable bonds is 37. The van der Waals surface area contributed by atoms with E-state index in [4.69, 9.17) is 0 Å². The zero-order valence-corrected chi connectivity index (χ0v) is 33.8. The van der Waals surface area contributed by atoms with E-state index in [-0.39, 0.29) is 12.3 Å². The maximum absolute atomic E-state index is 12.5. The van der Waals surface area contributed by atoms with Crippen molar-refractivity contribution < 1.29 is 22.9 Å². The van der Waals surface area contributed by atoms with Crippen molar-refractivity contribution in [3.05, 3.63) is 60.8 Å². The molecule has 0 spiro atoms. The molecule has 0 bridgehead atoms. The van der Waals surface area contributed by atoms with Crippen LogP contribution in [0.5, 0.6) is 0 Å². The lowest BCUT2D eigenvalue weighted by Crippen LogP contribution is -2.47. The molecule has 0 radical (unpaired) electrons. The minimum absolute atomic E-state index is 0.0849. The van der Waals surface area contributed by atoms with E-state index in [2.05, 4.69) is 61.7 Å². The molecule has 0 aliphatic rings. The van der Waals surface area contributed by atoms with Gasteiger partial charge in [0.15, 0.2) is 0 Å². The van der Waals surface area contributed by atoms with Gasteiger partial charge in [-0.15, -0.1) is 0 Å². The van der Waals surface area contributed by atoms with Crippen LogP contribution in [0.25, 0.3) is 0 Å². The quantitative estimate of drug-likeness (QED) is 0.0335. The standard InChI is InChI=1S/C44H79NO5S/c1-3-5-7-9-11-13-15-17-19-20-21-22-23-24-26-27-29-31-33-35-37-39-43(46)42(41-51(48,49)50)45-44(47)40-38-36-34-32-30-28-25-18-16-14-12-10-8-6-4-2/h6,8,12,14,18,25,30,32,36,38,42-43,46H,3-5,7,9-11,13,15-17,19-24,26-29,31,33-35,37,39-41H2,1-2H3,(H,45,47)(H,48,49,50)/b8-6-,14-12-,25-18-,32-30-,38-36-. The van der Waals surface area contributed by atoms with E-state index in [9.17, 15) is 22.9 Å². The number of aliphatic hydroxyl groups excluding tert-OH is 1. The van der Waals surface area contributed by atoms with Crippen molar-refractivity contribution in [2.24, 2.45) is 0 Å². The van der Waals surface area contributed by atoms with Gasteiger partial charge in [0.1, 0.15) is 0 Å². The summed E-state index contributed by atoms with van der Waals surface area (Å²) in [5, 5.41) is 13.3. The Morgan fingerprint density at radius 3 is 1.22 bits per heavy atom. The average Bonchev–Trinajstić information content (AvgIpc) is 3.09. The summed E-state index contributed by atoms with van der Waals surface area (Å²) in [6.07, 6.45) is 52.0. The summed E-state index contributed by atoms with van der Waals surface area (Å²) >= 11 is 0. The Labute approximate surface area is 315 Å². The molecule has 2 unspecified atom stereocenters. The van der Waals surface area contributed by atoms with E-state index in [1.807, 2.05) is 12.2 Å². The minimum Gasteiger partial charge on any atom is -0.391 e. The number of nitrogens with one attached hydrogen (secondary N) is 1. The Kier molecular flexibility index (Phi) is 36.3. The third kappa shape index (κ3) is 39.1. The summed E-state index contributed by atoms with van der Waals surface area (Å²) in [5.74, 6) is -1.06. The number of hydrogen-bond donors (Lipinski definition) is 3. The molecule has 296 valence electrons. The van der Waals surface area contributed by atoms with Crippen molar-refractivity contribution in [3.63, 3.8) is 0 Å². The molecule has 2 atom stereocenters. The van der Waals surface area contributed by atoms with Crippen LogP contribution in [0.3, 0.4) is 0 Å². The SMILES string of the molecule is CC/C=C\C/C=C\C/C=C\C/C=C\C/C=C\CC(=O)NC(CS(=O)(=O)O)C(O)CCCCCCCCCCCCCCCCCCCCCCC. The van der Waals surface area contributed by atoms with Crippen LogP contribution < -0.4 is 5.32 Å². The molecular weight excluding hydrogens is 655 g/mol. The lowest BCUT2D eigenvalue weighted by atomic mass is 10.0. The normalized spacial score (nSPS) is 13.9. The summed E-state index contributed by atoms with van der Waals surface area (Å²) in [5.41, 5.74) is 0. The molecule has 7 heteroatoms. The molecule has 0 aromatic heterocycles. The van der Waals surface area contributed by atoms with Gasteiger partial charge < -0.3 is 10.4 Å². The van der Waals surface area contributed by atoms with Crippen LogP contribution in [0, 0.1) is 0 Å². The number of aliphatic hydroxyl groups is 1. The summed E-state index contributed by atoms with van der Waals surface area (Å²) in [7, 11) is -4.34. The minimum atomic E-state index is -4.34. The van der Waals surface area contributed by atoms with Crippen molar-refractivity contribution >= 4 is 16.0 Å². The number of carbonyl (C=O) groups is 1. The molecule has 6 nitrogen and oxygen atoms in total. The lowest BCUT2D eigenvalue weighted by molar-refractivity contribution is -0.121. The fourth-order valence-electron chi connectivity index (χ4n) is 6.17. The molecular formula is C44H79NO5S. The van der Waals surface area contributed by atoms with Crippen LogP contribution >= 0.6 is 0 Å². The van der Waals surface area contributed by atoms with Crippen molar-refractivity contribution in [1.82, 2.24) is 5.32 Å². The first-order valence-corrected chi connectivity index (χ1v) is 22.6. The van der Waals surface area contributed by atoms with Crippen LogP contribution in [0.1, 0.15) is 194 Å². The average molecular weight is 734 g/mol. The Bertz CT molecular complexity index is 1030. The highest BCUT2D eigenvalue weighted by atomic mass is 32.2. The predicted octanol–water partition coefficient (Wildman–Crippen LogP) is 12.5. The summed E-state index contributed by atoms with van der Waals surface area (Å²) in [6, 6.07) is -1.03. The van der Waals surface area contributed by atoms with Crippen LogP contribution in [-0.4, -0.2) is 41.9 Å². The third-order valence-corrected chi connectivity index (χ3v) is 10.0. The highest BCUT2D eigenvalue weighted by Crippen LogP contribution is 2.16. The predicted molar refractivity (Wildman–Crippen MR) is 221 cm³/mol. The molecule has 51 heavy (non-hydrogen) atoms. The van der Waals surface area contributed by atoms with Gasteiger partial charge in [-0.05, 0) is 38.5 Å². The van der Waals surface area contributed by atoms with Crippen molar-refractivity contribution in [3.8, 4) is 0 Å². The zero-order chi connectivity index (χ0) is 37.5. The van der Waals surface area contributed by atoms with Gasteiger partial charge in [-0.1, -0.05) is 209 Å². The maximum Gasteiger partial charge on any atom is 0.266 e. The number of allylic oxidation sites excluding steroid dienone is 9. The van der Waals surface area contributed by atoms with Gasteiger partial charge in [0.05, 0.1) is 17.9 Å². The highest BCUT2D eigenvalue weighted by molar-refractivity contribution is 7.85. The smallest absolute Gasteiger partial charge is 0.266 e. The van der Waals surface area contributed by atoms with Crippen molar-refractivity contribution in [2.75, 3.05) is 5.75 Å². The number of unbranched alkanes of at least 4 members (excludes halogenated alkanes) is 20. The molecule has 0 fully saturated rings. The Morgan fingerprint density at radius 1 is 0.529 bits per heavy atom. The van der Waals surface area contributed by atoms with Gasteiger partial charge in [-0.2, -0.15) is 8.42 Å². The highest BCUT2D eigenvalue weighted by Gasteiger charge is 2.25. The second-order valence-corrected chi connectivity index (χ2v) is 15.8. The maximum atomic E-state index is 12.5. The summed E-state index contributed by atoms with van der Waals surface area (Å²) in [4.78, 5) is 12.5. The fourth-order valence-corrected chi connectivity index (χ4v) is 6.93. The summed E-state index contributed by atoms with van der Waals surface area (Å²) in [6.45, 7) is 4.41. The van der Waals surface area contributed by atoms with E-state index < -0.39 is 28.0 Å². The number of amides is 1. The van der Waals surface area contributed by atoms with Gasteiger partial charge >= 0.3 is 0 Å². The van der Waals surface area contributed by atoms with Gasteiger partial charge in [0.25, 0.3) is 10.1 Å². The first-order chi connectivity index (χ1) is 24.8. The molecule has 0 aliphatic heterocycles. The first kappa shape index (κ1) is 49.0. The Hall–Kier alpha value is -1.96. The monoisotopic (exact) mass is 734 g/mol. The van der Waals surface area contributed by atoms with E-state index in [1.165, 1.54) is 116 Å². The largest absolute Gasteiger partial charge is 0.391 e. The van der Waals surface area contributed by atoms with E-state index in [0.29, 0.717) is 12.8 Å². The number of carbonyl (C=O) groups excluding carboxylic acids is 1. The third-order valence-electron chi connectivity index (χ3n) is 9.27. The van der Waals surface area contributed by atoms with Crippen LogP contribution in [0.2, 0.25) is 0 Å². The molecule has 0 aromatic rings. The van der Waals surface area contributed by atoms with Gasteiger partial charge in [0.2, 0.25) is 5.91 Å². The molecule has 0 heterocycles. The topological polar surface area (TPSA) is 104 Å².